The van der Waals surface area contributed by atoms with Gasteiger partial charge in [-0.3, -0.25) is 4.90 Å². The van der Waals surface area contributed by atoms with Crippen LogP contribution in [0.3, 0.4) is 0 Å². The molecule has 0 atom stereocenters. The molecule has 19 heavy (non-hydrogen) atoms. The maximum absolute atomic E-state index is 11.0. The van der Waals surface area contributed by atoms with Crippen molar-refractivity contribution in [1.29, 1.82) is 0 Å². The Bertz CT molecular complexity index is 407. The number of benzene rings is 1. The first-order valence-electron chi connectivity index (χ1n) is 6.02. The smallest absolute Gasteiger partial charge is 0.339 e. The lowest BCUT2D eigenvalue weighted by Gasteiger charge is -2.26. The summed E-state index contributed by atoms with van der Waals surface area (Å²) in [5.41, 5.74) is 0.208. The summed E-state index contributed by atoms with van der Waals surface area (Å²) in [4.78, 5) is 13.2. The standard InChI is InChI=1S/C13H17NO4.ClH/c15-13(16)11-3-1-2-4-12(11)18-10-7-14-5-8-17-9-6-14;/h1-4H,5-10H2,(H,15,16);1H. The number of morpholine rings is 1. The number of nitrogens with zero attached hydrogens (tertiary/aromatic N) is 1. The fourth-order valence-corrected chi connectivity index (χ4v) is 1.88. The van der Waals surface area contributed by atoms with Crippen LogP contribution in [0.4, 0.5) is 0 Å². The summed E-state index contributed by atoms with van der Waals surface area (Å²) in [7, 11) is 0. The molecule has 1 N–H and O–H groups in total. The largest absolute Gasteiger partial charge is 0.491 e. The van der Waals surface area contributed by atoms with E-state index in [9.17, 15) is 4.79 Å². The fourth-order valence-electron chi connectivity index (χ4n) is 1.88. The monoisotopic (exact) mass is 287 g/mol. The Kier molecular flexibility index (Phi) is 6.62. The van der Waals surface area contributed by atoms with Gasteiger partial charge in [0.15, 0.2) is 0 Å². The normalized spacial score (nSPS) is 15.6. The quantitative estimate of drug-likeness (QED) is 0.890. The zero-order valence-electron chi connectivity index (χ0n) is 10.6. The third kappa shape index (κ3) is 4.70. The first kappa shape index (κ1) is 15.8. The Hall–Kier alpha value is -1.30. The molecule has 1 aliphatic heterocycles. The van der Waals surface area contributed by atoms with Crippen molar-refractivity contribution in [2.45, 2.75) is 0 Å². The Balaban J connectivity index is 0.00000180. The van der Waals surface area contributed by atoms with Crippen molar-refractivity contribution in [1.82, 2.24) is 4.90 Å². The van der Waals surface area contributed by atoms with Crippen LogP contribution in [0.25, 0.3) is 0 Å². The van der Waals surface area contributed by atoms with E-state index in [1.54, 1.807) is 24.3 Å². The minimum absolute atomic E-state index is 0. The topological polar surface area (TPSA) is 59.0 Å². The van der Waals surface area contributed by atoms with Crippen LogP contribution >= 0.6 is 12.4 Å². The zero-order valence-corrected chi connectivity index (χ0v) is 11.4. The van der Waals surface area contributed by atoms with Crippen LogP contribution < -0.4 is 4.74 Å². The van der Waals surface area contributed by atoms with Crippen LogP contribution in [0.1, 0.15) is 10.4 Å². The van der Waals surface area contributed by atoms with Gasteiger partial charge in [0.1, 0.15) is 17.9 Å². The van der Waals surface area contributed by atoms with E-state index in [4.69, 9.17) is 14.6 Å². The van der Waals surface area contributed by atoms with E-state index < -0.39 is 5.97 Å². The van der Waals surface area contributed by atoms with Crippen LogP contribution in [-0.4, -0.2) is 55.4 Å². The highest BCUT2D eigenvalue weighted by atomic mass is 35.5. The molecule has 0 unspecified atom stereocenters. The lowest BCUT2D eigenvalue weighted by Crippen LogP contribution is -2.38. The number of halogens is 1. The van der Waals surface area contributed by atoms with E-state index in [1.807, 2.05) is 0 Å². The molecule has 0 amide bonds. The van der Waals surface area contributed by atoms with Gasteiger partial charge in [-0.25, -0.2) is 4.79 Å². The molecule has 0 bridgehead atoms. The van der Waals surface area contributed by atoms with E-state index in [-0.39, 0.29) is 18.0 Å². The lowest BCUT2D eigenvalue weighted by molar-refractivity contribution is 0.0321. The lowest BCUT2D eigenvalue weighted by atomic mass is 10.2. The molecular weight excluding hydrogens is 270 g/mol. The van der Waals surface area contributed by atoms with Crippen LogP contribution in [0.2, 0.25) is 0 Å². The summed E-state index contributed by atoms with van der Waals surface area (Å²) < 4.78 is 10.8. The Labute approximate surface area is 118 Å². The summed E-state index contributed by atoms with van der Waals surface area (Å²) in [6.45, 7) is 4.60. The zero-order chi connectivity index (χ0) is 12.8. The second-order valence-electron chi connectivity index (χ2n) is 4.10. The van der Waals surface area contributed by atoms with Gasteiger partial charge in [-0.05, 0) is 12.1 Å². The van der Waals surface area contributed by atoms with Crippen molar-refractivity contribution in [3.8, 4) is 5.75 Å². The number of hydrogen-bond donors (Lipinski definition) is 1. The van der Waals surface area contributed by atoms with Crippen molar-refractivity contribution < 1.29 is 19.4 Å². The SMILES string of the molecule is Cl.O=C(O)c1ccccc1OCCN1CCOCC1. The van der Waals surface area contributed by atoms with Gasteiger partial charge in [-0.15, -0.1) is 12.4 Å². The molecule has 1 aromatic carbocycles. The summed E-state index contributed by atoms with van der Waals surface area (Å²) in [5, 5.41) is 9.01. The van der Waals surface area contributed by atoms with Gasteiger partial charge in [0.25, 0.3) is 0 Å². The third-order valence-corrected chi connectivity index (χ3v) is 2.89. The highest BCUT2D eigenvalue weighted by Gasteiger charge is 2.12. The molecule has 2 rings (SSSR count). The molecule has 0 saturated carbocycles. The van der Waals surface area contributed by atoms with Crippen molar-refractivity contribution in [3.63, 3.8) is 0 Å². The molecule has 5 nitrogen and oxygen atoms in total. The first-order chi connectivity index (χ1) is 8.77. The molecule has 1 aliphatic rings. The van der Waals surface area contributed by atoms with E-state index in [2.05, 4.69) is 4.90 Å². The second kappa shape index (κ2) is 7.99. The number of ether oxygens (including phenoxy) is 2. The van der Waals surface area contributed by atoms with Crippen LogP contribution in [-0.2, 0) is 4.74 Å². The minimum Gasteiger partial charge on any atom is -0.491 e. The van der Waals surface area contributed by atoms with E-state index in [1.165, 1.54) is 0 Å². The molecule has 1 aromatic rings. The van der Waals surface area contributed by atoms with Gasteiger partial charge in [-0.2, -0.15) is 0 Å². The number of aromatic carboxylic acids is 1. The van der Waals surface area contributed by atoms with Gasteiger partial charge in [0, 0.05) is 19.6 Å². The van der Waals surface area contributed by atoms with Crippen molar-refractivity contribution in [2.24, 2.45) is 0 Å². The highest BCUT2D eigenvalue weighted by Crippen LogP contribution is 2.17. The highest BCUT2D eigenvalue weighted by molar-refractivity contribution is 5.90. The first-order valence-corrected chi connectivity index (χ1v) is 6.02. The molecule has 1 saturated heterocycles. The van der Waals surface area contributed by atoms with Crippen LogP contribution in [0, 0.1) is 0 Å². The number of carbonyl (C=O) groups is 1. The predicted octanol–water partition coefficient (Wildman–Crippen LogP) is 1.52. The van der Waals surface area contributed by atoms with Crippen molar-refractivity contribution in [2.75, 3.05) is 39.5 Å². The van der Waals surface area contributed by atoms with Gasteiger partial charge >= 0.3 is 5.97 Å². The Morgan fingerprint density at radius 3 is 2.68 bits per heavy atom. The summed E-state index contributed by atoms with van der Waals surface area (Å²) in [6.07, 6.45) is 0. The summed E-state index contributed by atoms with van der Waals surface area (Å²) in [6, 6.07) is 6.70. The molecular formula is C13H18ClNO4. The third-order valence-electron chi connectivity index (χ3n) is 2.89. The number of rotatable bonds is 5. The molecule has 0 aliphatic carbocycles. The molecule has 6 heteroatoms. The minimum atomic E-state index is -0.961. The van der Waals surface area contributed by atoms with Gasteiger partial charge in [0.2, 0.25) is 0 Å². The average Bonchev–Trinajstić information content (AvgIpc) is 2.40. The summed E-state index contributed by atoms with van der Waals surface area (Å²) >= 11 is 0. The van der Waals surface area contributed by atoms with E-state index >= 15 is 0 Å². The molecule has 0 radical (unpaired) electrons. The average molecular weight is 288 g/mol. The van der Waals surface area contributed by atoms with Crippen molar-refractivity contribution >= 4 is 18.4 Å². The van der Waals surface area contributed by atoms with Gasteiger partial charge < -0.3 is 14.6 Å². The molecule has 1 heterocycles. The fraction of sp³-hybridized carbons (Fsp3) is 0.462. The number of hydrogen-bond acceptors (Lipinski definition) is 4. The summed E-state index contributed by atoms with van der Waals surface area (Å²) in [5.74, 6) is -0.532. The number of para-hydroxylation sites is 1. The second-order valence-corrected chi connectivity index (χ2v) is 4.10. The molecule has 0 aromatic heterocycles. The Morgan fingerprint density at radius 1 is 1.32 bits per heavy atom. The maximum Gasteiger partial charge on any atom is 0.339 e. The van der Waals surface area contributed by atoms with Crippen LogP contribution in [0.15, 0.2) is 24.3 Å². The molecule has 1 fully saturated rings. The predicted molar refractivity (Wildman–Crippen MR) is 73.4 cm³/mol. The molecule has 0 spiro atoms. The maximum atomic E-state index is 11.0. The van der Waals surface area contributed by atoms with Crippen molar-refractivity contribution in [3.05, 3.63) is 29.8 Å². The van der Waals surface area contributed by atoms with Gasteiger partial charge in [0.05, 0.1) is 13.2 Å². The number of carboxylic acids is 1. The van der Waals surface area contributed by atoms with Gasteiger partial charge in [-0.1, -0.05) is 12.1 Å². The van der Waals surface area contributed by atoms with E-state index in [0.29, 0.717) is 12.4 Å². The van der Waals surface area contributed by atoms with E-state index in [0.717, 1.165) is 32.8 Å². The number of carboxylic acid groups (broad SMARTS) is 1. The van der Waals surface area contributed by atoms with Crippen LogP contribution in [0.5, 0.6) is 5.75 Å². The molecule has 106 valence electrons. The Morgan fingerprint density at radius 2 is 2.00 bits per heavy atom.